The van der Waals surface area contributed by atoms with Crippen LogP contribution in [0.15, 0.2) is 49.1 Å². The molecule has 0 aromatic heterocycles. The predicted molar refractivity (Wildman–Crippen MR) is 121 cm³/mol. The second-order valence-electron chi connectivity index (χ2n) is 9.25. The summed E-state index contributed by atoms with van der Waals surface area (Å²) < 4.78 is 10.5. The number of rotatable bonds is 4. The third-order valence-corrected chi connectivity index (χ3v) is 5.84. The second-order valence-corrected chi connectivity index (χ2v) is 18.1. The predicted octanol–water partition coefficient (Wildman–Crippen LogP) is 5.63. The molecule has 28 heavy (non-hydrogen) atoms. The summed E-state index contributed by atoms with van der Waals surface area (Å²) in [4.78, 5) is 22.4. The van der Waals surface area contributed by atoms with Crippen molar-refractivity contribution in [1.29, 1.82) is 0 Å². The average Bonchev–Trinajstić information content (AvgIpc) is 3.31. The quantitative estimate of drug-likeness (QED) is 0.336. The summed E-state index contributed by atoms with van der Waals surface area (Å²) in [7, 11) is -3.35. The molecule has 0 aliphatic heterocycles. The molecule has 3 rings (SSSR count). The van der Waals surface area contributed by atoms with Gasteiger partial charge in [0, 0.05) is 6.08 Å². The van der Waals surface area contributed by atoms with E-state index in [9.17, 15) is 9.59 Å². The first-order valence-electron chi connectivity index (χ1n) is 9.99. The maximum absolute atomic E-state index is 11.8. The maximum Gasteiger partial charge on any atom is 0.316 e. The Kier molecular flexibility index (Phi) is 9.37. The zero-order chi connectivity index (χ0) is 21.4. The Balaban J connectivity index is 0.000000239. The van der Waals surface area contributed by atoms with Crippen molar-refractivity contribution >= 4 is 28.6 Å². The van der Waals surface area contributed by atoms with Crippen LogP contribution in [0, 0.1) is 17.8 Å². The van der Waals surface area contributed by atoms with E-state index in [2.05, 4.69) is 62.7 Å². The van der Waals surface area contributed by atoms with Crippen molar-refractivity contribution in [1.82, 2.24) is 0 Å². The molecular weight excluding hydrogens is 384 g/mol. The molecule has 156 valence electrons. The zero-order valence-corrected chi connectivity index (χ0v) is 20.2. The van der Waals surface area contributed by atoms with E-state index in [1.165, 1.54) is 12.5 Å². The zero-order valence-electron chi connectivity index (χ0n) is 18.2. The van der Waals surface area contributed by atoms with E-state index < -0.39 is 16.6 Å². The second kappa shape index (κ2) is 10.8. The van der Waals surface area contributed by atoms with Crippen LogP contribution in [0.3, 0.4) is 0 Å². The van der Waals surface area contributed by atoms with Crippen LogP contribution < -0.4 is 0 Å². The van der Waals surface area contributed by atoms with E-state index in [0.717, 1.165) is 12.8 Å². The lowest BCUT2D eigenvalue weighted by Gasteiger charge is -2.23. The fourth-order valence-corrected chi connectivity index (χ4v) is 4.61. The molecule has 3 atom stereocenters. The Morgan fingerprint density at radius 2 is 1.50 bits per heavy atom. The van der Waals surface area contributed by atoms with Gasteiger partial charge in [0.05, 0.1) is 5.92 Å². The molecule has 1 saturated carbocycles. The van der Waals surface area contributed by atoms with E-state index in [1.54, 1.807) is 0 Å². The van der Waals surface area contributed by atoms with Crippen molar-refractivity contribution in [3.8, 4) is 0 Å². The third kappa shape index (κ3) is 10.0. The molecule has 3 unspecified atom stereocenters. The molecule has 0 aromatic carbocycles. The molecule has 0 spiro atoms. The van der Waals surface area contributed by atoms with E-state index >= 15 is 0 Å². The van der Waals surface area contributed by atoms with Gasteiger partial charge in [-0.3, -0.25) is 4.79 Å². The Hall–Kier alpha value is -1.67. The Bertz CT molecular complexity index is 626. The van der Waals surface area contributed by atoms with Crippen molar-refractivity contribution in [3.05, 3.63) is 49.1 Å². The molecule has 4 nitrogen and oxygen atoms in total. The number of fused-ring (bicyclic) bond motifs is 2. The van der Waals surface area contributed by atoms with Gasteiger partial charge in [-0.15, -0.1) is 0 Å². The summed E-state index contributed by atoms with van der Waals surface area (Å²) >= 11 is 0. The first-order valence-corrected chi connectivity index (χ1v) is 16.8. The highest BCUT2D eigenvalue weighted by molar-refractivity contribution is 6.71. The topological polar surface area (TPSA) is 52.6 Å². The smallest absolute Gasteiger partial charge is 0.316 e. The number of allylic oxidation sites excluding steroid dienone is 6. The lowest BCUT2D eigenvalue weighted by molar-refractivity contribution is -0.140. The lowest BCUT2D eigenvalue weighted by atomic mass is 9.94. The Morgan fingerprint density at radius 1 is 0.929 bits per heavy atom. The SMILES string of the molecule is C1=CCC=C1.C=CC(=O)O[Si](C)(C)C.C[Si](C)(C)OC(=O)C1CC2C=CC1C2. The number of hydrogen-bond donors (Lipinski definition) is 0. The molecule has 0 heterocycles. The van der Waals surface area contributed by atoms with Gasteiger partial charge in [0.15, 0.2) is 0 Å². The first kappa shape index (κ1) is 24.4. The van der Waals surface area contributed by atoms with Crippen LogP contribution in [0.2, 0.25) is 39.3 Å². The molecule has 0 amide bonds. The Morgan fingerprint density at radius 3 is 1.79 bits per heavy atom. The van der Waals surface area contributed by atoms with Gasteiger partial charge in [0.25, 0.3) is 5.97 Å². The van der Waals surface area contributed by atoms with Gasteiger partial charge >= 0.3 is 5.97 Å². The molecule has 1 fully saturated rings. The van der Waals surface area contributed by atoms with Gasteiger partial charge in [0.2, 0.25) is 16.6 Å². The minimum atomic E-state index is -1.69. The van der Waals surface area contributed by atoms with Crippen molar-refractivity contribution in [2.75, 3.05) is 0 Å². The minimum absolute atomic E-state index is 0.0565. The van der Waals surface area contributed by atoms with E-state index in [-0.39, 0.29) is 17.9 Å². The molecule has 0 radical (unpaired) electrons. The minimum Gasteiger partial charge on any atom is -0.520 e. The molecule has 0 saturated heterocycles. The largest absolute Gasteiger partial charge is 0.520 e. The summed E-state index contributed by atoms with van der Waals surface area (Å²) in [5, 5.41) is 0. The van der Waals surface area contributed by atoms with Gasteiger partial charge in [-0.25, -0.2) is 4.79 Å². The highest BCUT2D eigenvalue weighted by atomic mass is 28.4. The van der Waals surface area contributed by atoms with Crippen molar-refractivity contribution in [3.63, 3.8) is 0 Å². The standard InChI is InChI=1S/C11H18O2Si.C6H12O2Si.C5H6/c1-14(2,3)13-11(12)10-7-8-4-5-9(10)6-8;1-5-6(7)8-9(2,3)4;1-2-4-5-3-1/h4-5,8-10H,6-7H2,1-3H3;5H,1H2,2-4H3;1-4H,5H2. The first-order chi connectivity index (χ1) is 12.9. The van der Waals surface area contributed by atoms with Gasteiger partial charge in [-0.1, -0.05) is 43.0 Å². The van der Waals surface area contributed by atoms with Crippen molar-refractivity contribution in [2.45, 2.75) is 58.5 Å². The van der Waals surface area contributed by atoms with Crippen LogP contribution in [-0.4, -0.2) is 28.6 Å². The summed E-state index contributed by atoms with van der Waals surface area (Å²) in [5.74, 6) is 1.04. The number of hydrogen-bond acceptors (Lipinski definition) is 4. The van der Waals surface area contributed by atoms with Gasteiger partial charge in [-0.2, -0.15) is 0 Å². The average molecular weight is 421 g/mol. The van der Waals surface area contributed by atoms with Crippen LogP contribution in [0.25, 0.3) is 0 Å². The normalized spacial score (nSPS) is 24.0. The molecule has 3 aliphatic rings. The molecule has 2 bridgehead atoms. The van der Waals surface area contributed by atoms with Crippen molar-refractivity contribution in [2.24, 2.45) is 17.8 Å². The fourth-order valence-electron chi connectivity index (χ4n) is 3.17. The van der Waals surface area contributed by atoms with Crippen LogP contribution in [0.5, 0.6) is 0 Å². The molecule has 3 aliphatic carbocycles. The van der Waals surface area contributed by atoms with Crippen LogP contribution in [0.4, 0.5) is 0 Å². The highest BCUT2D eigenvalue weighted by Gasteiger charge is 2.41. The van der Waals surface area contributed by atoms with Crippen LogP contribution in [0.1, 0.15) is 19.3 Å². The van der Waals surface area contributed by atoms with E-state index in [1.807, 2.05) is 19.6 Å². The molecule has 6 heteroatoms. The summed E-state index contributed by atoms with van der Waals surface area (Å²) in [6.07, 6.45) is 17.3. The lowest BCUT2D eigenvalue weighted by Crippen LogP contribution is -2.34. The van der Waals surface area contributed by atoms with Gasteiger partial charge in [0.1, 0.15) is 0 Å². The number of carbonyl (C=O) groups is 2. The third-order valence-electron chi connectivity index (χ3n) is 4.22. The monoisotopic (exact) mass is 420 g/mol. The van der Waals surface area contributed by atoms with E-state index in [4.69, 9.17) is 8.85 Å². The Labute approximate surface area is 172 Å². The van der Waals surface area contributed by atoms with Crippen LogP contribution >= 0.6 is 0 Å². The van der Waals surface area contributed by atoms with Gasteiger partial charge < -0.3 is 8.85 Å². The summed E-state index contributed by atoms with van der Waals surface area (Å²) in [6, 6.07) is 0. The highest BCUT2D eigenvalue weighted by Crippen LogP contribution is 2.44. The summed E-state index contributed by atoms with van der Waals surface area (Å²) in [5.41, 5.74) is 0. The molecular formula is C22H36O4Si2. The van der Waals surface area contributed by atoms with E-state index in [0.29, 0.717) is 11.8 Å². The van der Waals surface area contributed by atoms with Gasteiger partial charge in [-0.05, 0) is 70.4 Å². The van der Waals surface area contributed by atoms with Crippen LogP contribution in [-0.2, 0) is 18.4 Å². The fraction of sp³-hybridized carbons (Fsp3) is 0.545. The van der Waals surface area contributed by atoms with Crippen molar-refractivity contribution < 1.29 is 18.4 Å². The molecule has 0 aromatic rings. The number of carbonyl (C=O) groups excluding carboxylic acids is 2. The molecule has 0 N–H and O–H groups in total. The maximum atomic E-state index is 11.8. The summed E-state index contributed by atoms with van der Waals surface area (Å²) in [6.45, 7) is 15.3.